The first-order valence-corrected chi connectivity index (χ1v) is 13.2. The normalized spacial score (nSPS) is 12.8. The summed E-state index contributed by atoms with van der Waals surface area (Å²) in [5.74, 6) is 1.20. The van der Waals surface area contributed by atoms with E-state index in [0.29, 0.717) is 22.1 Å². The Balaban J connectivity index is 1.93. The van der Waals surface area contributed by atoms with Crippen LogP contribution in [0.2, 0.25) is 0 Å². The second-order valence-corrected chi connectivity index (χ2v) is 10.3. The molecule has 0 saturated carbocycles. The Hall–Kier alpha value is -2.46. The highest BCUT2D eigenvalue weighted by atomic mass is 32.2. The van der Waals surface area contributed by atoms with Crippen LogP contribution in [-0.4, -0.2) is 37.7 Å². The minimum atomic E-state index is -1.03. The van der Waals surface area contributed by atoms with Crippen molar-refractivity contribution in [2.75, 3.05) is 17.3 Å². The summed E-state index contributed by atoms with van der Waals surface area (Å²) in [6.45, 7) is 4.10. The van der Waals surface area contributed by atoms with Gasteiger partial charge in [0.25, 0.3) is 0 Å². The van der Waals surface area contributed by atoms with E-state index in [4.69, 9.17) is 4.98 Å². The lowest BCUT2D eigenvalue weighted by atomic mass is 9.99. The number of aromatic nitrogens is 1. The monoisotopic (exact) mass is 464 g/mol. The predicted octanol–water partition coefficient (Wildman–Crippen LogP) is 5.60. The highest BCUT2D eigenvalue weighted by Gasteiger charge is 2.18. The molecule has 1 aromatic heterocycles. The van der Waals surface area contributed by atoms with Crippen LogP contribution in [-0.2, 0) is 10.8 Å². The van der Waals surface area contributed by atoms with E-state index in [1.807, 2.05) is 67.6 Å². The number of nitrogens with zero attached hydrogens (tertiary/aromatic N) is 2. The maximum Gasteiger partial charge on any atom is 0.115 e. The van der Waals surface area contributed by atoms with Gasteiger partial charge < -0.3 is 5.11 Å². The van der Waals surface area contributed by atoms with Gasteiger partial charge in [-0.2, -0.15) is 5.26 Å². The van der Waals surface area contributed by atoms with Crippen molar-refractivity contribution in [2.24, 2.45) is 0 Å². The van der Waals surface area contributed by atoms with E-state index in [2.05, 4.69) is 13.0 Å². The SMILES string of the molecule is CCCC[S@](=O)C[C@H](O)CSc1nc(-c2ccc(C)cc2)cc(-c2ccccc2)c1C#N. The van der Waals surface area contributed by atoms with Gasteiger partial charge in [0.05, 0.1) is 23.1 Å². The van der Waals surface area contributed by atoms with Crippen LogP contribution in [0.5, 0.6) is 0 Å². The van der Waals surface area contributed by atoms with Gasteiger partial charge in [0, 0.05) is 33.4 Å². The molecule has 32 heavy (non-hydrogen) atoms. The molecule has 4 nitrogen and oxygen atoms in total. The fraction of sp³-hybridized carbons (Fsp3) is 0.308. The van der Waals surface area contributed by atoms with Crippen LogP contribution in [0, 0.1) is 18.3 Å². The van der Waals surface area contributed by atoms with Gasteiger partial charge in [0.2, 0.25) is 0 Å². The maximum absolute atomic E-state index is 12.1. The molecule has 0 bridgehead atoms. The number of aliphatic hydroxyl groups is 1. The molecule has 0 amide bonds. The van der Waals surface area contributed by atoms with Crippen molar-refractivity contribution >= 4 is 22.6 Å². The molecule has 0 aliphatic rings. The quantitative estimate of drug-likeness (QED) is 0.396. The zero-order chi connectivity index (χ0) is 22.9. The Bertz CT molecular complexity index is 1090. The number of pyridine rings is 1. The third kappa shape index (κ3) is 6.52. The summed E-state index contributed by atoms with van der Waals surface area (Å²) in [7, 11) is -1.03. The van der Waals surface area contributed by atoms with Crippen LogP contribution in [0.25, 0.3) is 22.4 Å². The number of rotatable bonds is 10. The molecule has 0 spiro atoms. The molecule has 1 heterocycles. The predicted molar refractivity (Wildman–Crippen MR) is 134 cm³/mol. The van der Waals surface area contributed by atoms with E-state index in [1.54, 1.807) is 0 Å². The second-order valence-electron chi connectivity index (χ2n) is 7.71. The van der Waals surface area contributed by atoms with E-state index < -0.39 is 16.9 Å². The molecule has 2 aromatic carbocycles. The molecule has 3 rings (SSSR count). The van der Waals surface area contributed by atoms with Gasteiger partial charge >= 0.3 is 0 Å². The molecule has 1 N–H and O–H groups in total. The van der Waals surface area contributed by atoms with Gasteiger partial charge in [0.15, 0.2) is 0 Å². The topological polar surface area (TPSA) is 74.0 Å². The average Bonchev–Trinajstić information content (AvgIpc) is 2.81. The number of hydrogen-bond acceptors (Lipinski definition) is 5. The van der Waals surface area contributed by atoms with E-state index >= 15 is 0 Å². The lowest BCUT2D eigenvalue weighted by Gasteiger charge is -2.14. The molecular formula is C26H28N2O2S2. The number of hydrogen-bond donors (Lipinski definition) is 1. The lowest BCUT2D eigenvalue weighted by Crippen LogP contribution is -2.21. The molecule has 166 valence electrons. The van der Waals surface area contributed by atoms with Crippen molar-refractivity contribution in [1.29, 1.82) is 5.26 Å². The van der Waals surface area contributed by atoms with Gasteiger partial charge in [-0.15, -0.1) is 11.8 Å². The van der Waals surface area contributed by atoms with Crippen molar-refractivity contribution in [2.45, 2.75) is 37.8 Å². The van der Waals surface area contributed by atoms with Crippen LogP contribution in [0.1, 0.15) is 30.9 Å². The highest BCUT2D eigenvalue weighted by Crippen LogP contribution is 2.34. The van der Waals surface area contributed by atoms with Crippen LogP contribution < -0.4 is 0 Å². The zero-order valence-corrected chi connectivity index (χ0v) is 20.1. The molecular weight excluding hydrogens is 436 g/mol. The van der Waals surface area contributed by atoms with Crippen molar-refractivity contribution < 1.29 is 9.32 Å². The van der Waals surface area contributed by atoms with Gasteiger partial charge in [-0.3, -0.25) is 4.21 Å². The Morgan fingerprint density at radius 2 is 1.84 bits per heavy atom. The molecule has 0 unspecified atom stereocenters. The summed E-state index contributed by atoms with van der Waals surface area (Å²) in [5, 5.41) is 21.0. The molecule has 0 saturated heterocycles. The zero-order valence-electron chi connectivity index (χ0n) is 18.5. The Labute approximate surface area is 197 Å². The third-order valence-corrected chi connectivity index (χ3v) is 7.67. The standard InChI is InChI=1S/C26H28N2O2S2/c1-3-4-14-32(30)18-22(29)17-31-26-24(16-27)23(20-8-6-5-7-9-20)15-25(28-26)21-12-10-19(2)11-13-21/h5-13,15,22,29H,3-4,14,17-18H2,1-2H3/t22-,32+/m1/s1. The summed E-state index contributed by atoms with van der Waals surface area (Å²) >= 11 is 1.35. The number of aliphatic hydroxyl groups excluding tert-OH is 1. The summed E-state index contributed by atoms with van der Waals surface area (Å²) in [6.07, 6.45) is 1.17. The van der Waals surface area contributed by atoms with Crippen LogP contribution in [0.15, 0.2) is 65.7 Å². The fourth-order valence-electron chi connectivity index (χ4n) is 3.28. The van der Waals surface area contributed by atoms with Crippen molar-refractivity contribution in [1.82, 2.24) is 4.98 Å². The number of nitriles is 1. The van der Waals surface area contributed by atoms with E-state index in [0.717, 1.165) is 35.2 Å². The minimum absolute atomic E-state index is 0.248. The molecule has 0 aliphatic carbocycles. The molecule has 6 heteroatoms. The Morgan fingerprint density at radius 3 is 2.50 bits per heavy atom. The van der Waals surface area contributed by atoms with Crippen LogP contribution in [0.4, 0.5) is 0 Å². The lowest BCUT2D eigenvalue weighted by molar-refractivity contribution is 0.224. The van der Waals surface area contributed by atoms with Crippen molar-refractivity contribution in [3.63, 3.8) is 0 Å². The van der Waals surface area contributed by atoms with Crippen LogP contribution >= 0.6 is 11.8 Å². The van der Waals surface area contributed by atoms with Gasteiger partial charge in [0.1, 0.15) is 11.1 Å². The Kier molecular flexibility index (Phi) is 9.04. The van der Waals surface area contributed by atoms with Crippen molar-refractivity contribution in [3.05, 3.63) is 71.8 Å². The first-order chi connectivity index (χ1) is 15.5. The smallest absolute Gasteiger partial charge is 0.115 e. The number of thioether (sulfide) groups is 1. The molecule has 0 radical (unpaired) electrons. The summed E-state index contributed by atoms with van der Waals surface area (Å²) in [6, 6.07) is 22.2. The van der Waals surface area contributed by atoms with Crippen LogP contribution in [0.3, 0.4) is 0 Å². The summed E-state index contributed by atoms with van der Waals surface area (Å²) < 4.78 is 12.1. The molecule has 0 aliphatic heterocycles. The minimum Gasteiger partial charge on any atom is -0.391 e. The number of benzene rings is 2. The highest BCUT2D eigenvalue weighted by molar-refractivity contribution is 7.99. The molecule has 3 aromatic rings. The molecule has 0 fully saturated rings. The largest absolute Gasteiger partial charge is 0.391 e. The van der Waals surface area contributed by atoms with E-state index in [-0.39, 0.29) is 5.75 Å². The third-order valence-electron chi connectivity index (χ3n) is 5.05. The molecule has 2 atom stereocenters. The first kappa shape index (κ1) is 24.2. The second kappa shape index (κ2) is 12.0. The van der Waals surface area contributed by atoms with E-state index in [1.165, 1.54) is 17.3 Å². The fourth-order valence-corrected chi connectivity index (χ4v) is 5.68. The van der Waals surface area contributed by atoms with Crippen molar-refractivity contribution in [3.8, 4) is 28.5 Å². The average molecular weight is 465 g/mol. The van der Waals surface area contributed by atoms with Gasteiger partial charge in [-0.25, -0.2) is 4.98 Å². The first-order valence-electron chi connectivity index (χ1n) is 10.7. The number of unbranched alkanes of at least 4 members (excludes halogenated alkanes) is 1. The van der Waals surface area contributed by atoms with Gasteiger partial charge in [-0.05, 0) is 25.0 Å². The Morgan fingerprint density at radius 1 is 1.12 bits per heavy atom. The van der Waals surface area contributed by atoms with E-state index in [9.17, 15) is 14.6 Å². The summed E-state index contributed by atoms with van der Waals surface area (Å²) in [4.78, 5) is 4.78. The maximum atomic E-state index is 12.1. The van der Waals surface area contributed by atoms with Gasteiger partial charge in [-0.1, -0.05) is 73.5 Å². The summed E-state index contributed by atoms with van der Waals surface area (Å²) in [5.41, 5.74) is 5.19. The number of aryl methyl sites for hydroxylation is 1.